The van der Waals surface area contributed by atoms with Crippen LogP contribution in [0.1, 0.15) is 16.1 Å². The molecular formula is C17H22N4O2. The Morgan fingerprint density at radius 1 is 1.22 bits per heavy atom. The van der Waals surface area contributed by atoms with Crippen LogP contribution >= 0.6 is 0 Å². The second-order valence-corrected chi connectivity index (χ2v) is 5.75. The number of carbonyl (C=O) groups is 1. The minimum atomic E-state index is 0.0703. The second kappa shape index (κ2) is 6.32. The number of aromatic nitrogens is 2. The van der Waals surface area contributed by atoms with E-state index in [0.717, 1.165) is 30.2 Å². The van der Waals surface area contributed by atoms with E-state index in [1.54, 1.807) is 18.0 Å². The lowest BCUT2D eigenvalue weighted by Gasteiger charge is -2.36. The molecule has 0 unspecified atom stereocenters. The third kappa shape index (κ3) is 3.02. The van der Waals surface area contributed by atoms with Crippen LogP contribution in [0.25, 0.3) is 0 Å². The van der Waals surface area contributed by atoms with Crippen LogP contribution in [-0.4, -0.2) is 53.9 Å². The van der Waals surface area contributed by atoms with Crippen LogP contribution in [-0.2, 0) is 7.05 Å². The van der Waals surface area contributed by atoms with E-state index >= 15 is 0 Å². The summed E-state index contributed by atoms with van der Waals surface area (Å²) in [4.78, 5) is 16.8. The first kappa shape index (κ1) is 15.4. The van der Waals surface area contributed by atoms with Crippen LogP contribution in [0.15, 0.2) is 30.5 Å². The highest BCUT2D eigenvalue weighted by molar-refractivity contribution is 5.95. The first-order valence-electron chi connectivity index (χ1n) is 7.77. The normalized spacial score (nSPS) is 14.9. The van der Waals surface area contributed by atoms with Gasteiger partial charge in [-0.3, -0.25) is 9.48 Å². The van der Waals surface area contributed by atoms with Gasteiger partial charge in [0.1, 0.15) is 5.75 Å². The molecule has 1 saturated heterocycles. The van der Waals surface area contributed by atoms with E-state index in [4.69, 9.17) is 4.74 Å². The zero-order valence-corrected chi connectivity index (χ0v) is 13.8. The number of hydrogen-bond donors (Lipinski definition) is 0. The predicted octanol–water partition coefficient (Wildman–Crippen LogP) is 1.70. The van der Waals surface area contributed by atoms with Crippen LogP contribution in [0, 0.1) is 6.92 Å². The van der Waals surface area contributed by atoms with Crippen molar-refractivity contribution >= 4 is 11.6 Å². The molecule has 3 rings (SSSR count). The minimum absolute atomic E-state index is 0.0703. The molecule has 1 aromatic carbocycles. The summed E-state index contributed by atoms with van der Waals surface area (Å²) in [6, 6.07) is 8.03. The molecule has 2 heterocycles. The fraction of sp³-hybridized carbons (Fsp3) is 0.412. The largest absolute Gasteiger partial charge is 0.497 e. The summed E-state index contributed by atoms with van der Waals surface area (Å²) in [5.74, 6) is 0.924. The average molecular weight is 314 g/mol. The molecule has 0 aliphatic carbocycles. The summed E-state index contributed by atoms with van der Waals surface area (Å²) >= 11 is 0. The Morgan fingerprint density at radius 2 is 1.96 bits per heavy atom. The van der Waals surface area contributed by atoms with E-state index in [1.807, 2.05) is 37.1 Å². The van der Waals surface area contributed by atoms with E-state index in [-0.39, 0.29) is 5.91 Å². The number of anilines is 1. The Labute approximate surface area is 136 Å². The van der Waals surface area contributed by atoms with Gasteiger partial charge in [-0.15, -0.1) is 0 Å². The van der Waals surface area contributed by atoms with Gasteiger partial charge < -0.3 is 14.5 Å². The number of piperazine rings is 1. The molecule has 1 aromatic heterocycles. The van der Waals surface area contributed by atoms with Gasteiger partial charge in [0.2, 0.25) is 0 Å². The third-order valence-corrected chi connectivity index (χ3v) is 4.45. The maximum Gasteiger partial charge on any atom is 0.257 e. The van der Waals surface area contributed by atoms with Crippen LogP contribution in [0.4, 0.5) is 5.69 Å². The van der Waals surface area contributed by atoms with E-state index in [1.165, 1.54) is 0 Å². The number of nitrogens with zero attached hydrogens (tertiary/aromatic N) is 4. The summed E-state index contributed by atoms with van der Waals surface area (Å²) in [5.41, 5.74) is 2.74. The molecule has 23 heavy (non-hydrogen) atoms. The zero-order chi connectivity index (χ0) is 16.4. The lowest BCUT2D eigenvalue weighted by molar-refractivity contribution is 0.0746. The van der Waals surface area contributed by atoms with Gasteiger partial charge in [-0.25, -0.2) is 0 Å². The summed E-state index contributed by atoms with van der Waals surface area (Å²) in [6.07, 6.45) is 1.66. The van der Waals surface area contributed by atoms with Gasteiger partial charge in [0, 0.05) is 50.7 Å². The standard InChI is InChI=1S/C17H22N4O2/c1-13-16(12-18-19(13)2)17(22)21-9-7-20(8-10-21)14-5-4-6-15(11-14)23-3/h4-6,11-12H,7-10H2,1-3H3. The number of hydrogen-bond acceptors (Lipinski definition) is 4. The summed E-state index contributed by atoms with van der Waals surface area (Å²) in [6.45, 7) is 4.98. The van der Waals surface area contributed by atoms with Gasteiger partial charge >= 0.3 is 0 Å². The number of rotatable bonds is 3. The Balaban J connectivity index is 1.66. The van der Waals surface area contributed by atoms with Crippen molar-refractivity contribution in [2.45, 2.75) is 6.92 Å². The van der Waals surface area contributed by atoms with Crippen LogP contribution < -0.4 is 9.64 Å². The molecule has 2 aromatic rings. The van der Waals surface area contributed by atoms with Crippen molar-refractivity contribution in [1.29, 1.82) is 0 Å². The molecule has 0 radical (unpaired) electrons. The Morgan fingerprint density at radius 3 is 2.57 bits per heavy atom. The zero-order valence-electron chi connectivity index (χ0n) is 13.8. The molecule has 1 fully saturated rings. The molecule has 6 heteroatoms. The van der Waals surface area contributed by atoms with Crippen molar-refractivity contribution in [2.24, 2.45) is 7.05 Å². The Kier molecular flexibility index (Phi) is 4.23. The molecule has 0 bridgehead atoms. The number of methoxy groups -OCH3 is 1. The summed E-state index contributed by atoms with van der Waals surface area (Å²) in [7, 11) is 3.53. The smallest absolute Gasteiger partial charge is 0.257 e. The fourth-order valence-corrected chi connectivity index (χ4v) is 2.85. The second-order valence-electron chi connectivity index (χ2n) is 5.75. The molecule has 0 N–H and O–H groups in total. The summed E-state index contributed by atoms with van der Waals surface area (Å²) in [5, 5.41) is 4.16. The van der Waals surface area contributed by atoms with Crippen LogP contribution in [0.5, 0.6) is 5.75 Å². The Hall–Kier alpha value is -2.50. The number of aryl methyl sites for hydroxylation is 1. The molecule has 6 nitrogen and oxygen atoms in total. The molecular weight excluding hydrogens is 292 g/mol. The lowest BCUT2D eigenvalue weighted by Crippen LogP contribution is -2.48. The van der Waals surface area contributed by atoms with Crippen molar-refractivity contribution in [3.05, 3.63) is 41.7 Å². The SMILES string of the molecule is COc1cccc(N2CCN(C(=O)c3cnn(C)c3C)CC2)c1. The first-order valence-corrected chi connectivity index (χ1v) is 7.77. The van der Waals surface area contributed by atoms with Gasteiger partial charge in [-0.1, -0.05) is 6.07 Å². The van der Waals surface area contributed by atoms with Gasteiger partial charge in [-0.2, -0.15) is 5.10 Å². The summed E-state index contributed by atoms with van der Waals surface area (Å²) < 4.78 is 7.01. The third-order valence-electron chi connectivity index (χ3n) is 4.45. The average Bonchev–Trinajstić information content (AvgIpc) is 2.93. The van der Waals surface area contributed by atoms with Crippen molar-refractivity contribution < 1.29 is 9.53 Å². The lowest BCUT2D eigenvalue weighted by atomic mass is 10.2. The first-order chi connectivity index (χ1) is 11.1. The number of amides is 1. The van der Waals surface area contributed by atoms with E-state index in [9.17, 15) is 4.79 Å². The van der Waals surface area contributed by atoms with E-state index in [2.05, 4.69) is 16.1 Å². The van der Waals surface area contributed by atoms with Crippen molar-refractivity contribution in [3.63, 3.8) is 0 Å². The van der Waals surface area contributed by atoms with Gasteiger partial charge in [0.25, 0.3) is 5.91 Å². The van der Waals surface area contributed by atoms with Gasteiger partial charge in [-0.05, 0) is 19.1 Å². The molecule has 0 atom stereocenters. The molecule has 1 amide bonds. The molecule has 1 aliphatic rings. The van der Waals surface area contributed by atoms with Crippen molar-refractivity contribution in [1.82, 2.24) is 14.7 Å². The maximum atomic E-state index is 12.6. The molecule has 1 aliphatic heterocycles. The fourth-order valence-electron chi connectivity index (χ4n) is 2.85. The monoisotopic (exact) mass is 314 g/mol. The van der Waals surface area contributed by atoms with Gasteiger partial charge in [0.15, 0.2) is 0 Å². The van der Waals surface area contributed by atoms with Crippen LogP contribution in [0.2, 0.25) is 0 Å². The topological polar surface area (TPSA) is 50.6 Å². The van der Waals surface area contributed by atoms with Crippen molar-refractivity contribution in [3.8, 4) is 5.75 Å². The van der Waals surface area contributed by atoms with E-state index < -0.39 is 0 Å². The predicted molar refractivity (Wildman–Crippen MR) is 89.1 cm³/mol. The molecule has 0 spiro atoms. The number of carbonyl (C=O) groups excluding carboxylic acids is 1. The molecule has 0 saturated carbocycles. The maximum absolute atomic E-state index is 12.6. The highest BCUT2D eigenvalue weighted by atomic mass is 16.5. The van der Waals surface area contributed by atoms with Crippen molar-refractivity contribution in [2.75, 3.05) is 38.2 Å². The highest BCUT2D eigenvalue weighted by Crippen LogP contribution is 2.22. The van der Waals surface area contributed by atoms with E-state index in [0.29, 0.717) is 18.7 Å². The quantitative estimate of drug-likeness (QED) is 0.865. The Bertz CT molecular complexity index is 702. The van der Waals surface area contributed by atoms with Crippen LogP contribution in [0.3, 0.4) is 0 Å². The highest BCUT2D eigenvalue weighted by Gasteiger charge is 2.24. The number of benzene rings is 1. The minimum Gasteiger partial charge on any atom is -0.497 e. The van der Waals surface area contributed by atoms with Gasteiger partial charge in [0.05, 0.1) is 18.9 Å². The number of ether oxygens (including phenoxy) is 1. The molecule has 122 valence electrons.